The monoisotopic (exact) mass is 444 g/mol. The molecule has 7 nitrogen and oxygen atoms in total. The highest BCUT2D eigenvalue weighted by Crippen LogP contribution is 2.40. The first-order chi connectivity index (χ1) is 13.3. The van der Waals surface area contributed by atoms with Gasteiger partial charge in [0.15, 0.2) is 5.03 Å². The third kappa shape index (κ3) is 3.58. The number of benzene rings is 1. The molecule has 2 heterocycles. The molecule has 28 heavy (non-hydrogen) atoms. The minimum Gasteiger partial charge on any atom is -0.361 e. The largest absolute Gasteiger partial charge is 0.361 e. The number of carbonyl (C=O) groups is 1. The highest BCUT2D eigenvalue weighted by molar-refractivity contribution is 7.93. The van der Waals surface area contributed by atoms with Crippen molar-refractivity contribution < 1.29 is 13.2 Å². The van der Waals surface area contributed by atoms with Crippen LogP contribution in [0.3, 0.4) is 0 Å². The molecule has 0 bridgehead atoms. The molecule has 4 rings (SSSR count). The van der Waals surface area contributed by atoms with Crippen LogP contribution in [0.15, 0.2) is 29.4 Å². The van der Waals surface area contributed by atoms with Gasteiger partial charge in [0.25, 0.3) is 15.9 Å². The highest BCUT2D eigenvalue weighted by atomic mass is 35.5. The molecule has 0 spiro atoms. The molecule has 1 aliphatic carbocycles. The zero-order valence-electron chi connectivity index (χ0n) is 15.4. The van der Waals surface area contributed by atoms with Crippen LogP contribution in [0.5, 0.6) is 0 Å². The Morgan fingerprint density at radius 1 is 1.25 bits per heavy atom. The van der Waals surface area contributed by atoms with E-state index in [0.717, 1.165) is 12.8 Å². The molecule has 2 aliphatic heterocycles. The van der Waals surface area contributed by atoms with E-state index in [-0.39, 0.29) is 28.8 Å². The van der Waals surface area contributed by atoms with E-state index < -0.39 is 10.0 Å². The zero-order chi connectivity index (χ0) is 20.1. The average Bonchev–Trinajstić information content (AvgIpc) is 3.32. The highest BCUT2D eigenvalue weighted by Gasteiger charge is 2.47. The molecular formula is C18H22Cl2N4O3S. The van der Waals surface area contributed by atoms with Gasteiger partial charge < -0.3 is 15.5 Å². The van der Waals surface area contributed by atoms with E-state index in [1.54, 1.807) is 29.3 Å². The lowest BCUT2D eigenvalue weighted by molar-refractivity contribution is 0.0927. The molecule has 1 saturated carbocycles. The van der Waals surface area contributed by atoms with Crippen LogP contribution in [0, 0.1) is 11.8 Å². The maximum absolute atomic E-state index is 12.9. The van der Waals surface area contributed by atoms with Crippen molar-refractivity contribution in [2.75, 3.05) is 26.8 Å². The van der Waals surface area contributed by atoms with E-state index in [1.807, 2.05) is 7.05 Å². The van der Waals surface area contributed by atoms with Crippen molar-refractivity contribution in [1.82, 2.24) is 19.8 Å². The van der Waals surface area contributed by atoms with Crippen molar-refractivity contribution in [3.63, 3.8) is 0 Å². The van der Waals surface area contributed by atoms with Crippen LogP contribution in [-0.4, -0.2) is 56.4 Å². The summed E-state index contributed by atoms with van der Waals surface area (Å²) >= 11 is 12.0. The number of carbonyl (C=O) groups excluding carboxylic acids is 1. The number of halogens is 2. The van der Waals surface area contributed by atoms with E-state index in [1.165, 1.54) is 4.31 Å². The Kier molecular flexibility index (Phi) is 5.24. The molecule has 1 amide bonds. The van der Waals surface area contributed by atoms with E-state index in [2.05, 4.69) is 10.6 Å². The van der Waals surface area contributed by atoms with Gasteiger partial charge in [-0.15, -0.1) is 0 Å². The fourth-order valence-electron chi connectivity index (χ4n) is 4.31. The average molecular weight is 445 g/mol. The minimum absolute atomic E-state index is 0.0716. The summed E-state index contributed by atoms with van der Waals surface area (Å²) in [4.78, 5) is 14.4. The number of fused-ring (bicyclic) bond motifs is 1. The summed E-state index contributed by atoms with van der Waals surface area (Å²) in [5.41, 5.74) is 0.375. The normalized spacial score (nSPS) is 27.5. The number of nitrogens with zero attached hydrogens (tertiary/aromatic N) is 2. The molecule has 1 aromatic carbocycles. The van der Waals surface area contributed by atoms with Gasteiger partial charge >= 0.3 is 0 Å². The predicted molar refractivity (Wildman–Crippen MR) is 108 cm³/mol. The molecule has 2 N–H and O–H groups in total. The molecule has 3 atom stereocenters. The Balaban J connectivity index is 1.45. The summed E-state index contributed by atoms with van der Waals surface area (Å²) in [5, 5.41) is 6.99. The smallest absolute Gasteiger partial charge is 0.259 e. The molecule has 152 valence electrons. The lowest BCUT2D eigenvalue weighted by Gasteiger charge is -2.22. The second-order valence-corrected chi connectivity index (χ2v) is 10.4. The van der Waals surface area contributed by atoms with E-state index >= 15 is 0 Å². The Morgan fingerprint density at radius 3 is 2.71 bits per heavy atom. The Morgan fingerprint density at radius 2 is 2.04 bits per heavy atom. The van der Waals surface area contributed by atoms with E-state index in [9.17, 15) is 13.2 Å². The van der Waals surface area contributed by atoms with Gasteiger partial charge in [0.05, 0.1) is 17.3 Å². The standard InChI is InChI=1S/C18H22Cl2N4O3S/c1-23-9-17(21-10-23)28(26,27)24-7-11-2-5-16(14(11)8-24)22-18(25)13-4-3-12(19)6-15(13)20/h3-4,6,9,11,14,16,21H,2,5,7-8,10H2,1H3,(H,22,25). The van der Waals surface area contributed by atoms with Crippen LogP contribution in [0.25, 0.3) is 0 Å². The lowest BCUT2D eigenvalue weighted by Crippen LogP contribution is -2.41. The minimum atomic E-state index is -3.54. The quantitative estimate of drug-likeness (QED) is 0.742. The Hall–Kier alpha value is -1.48. The van der Waals surface area contributed by atoms with Crippen LogP contribution in [-0.2, 0) is 10.0 Å². The Labute approximate surface area is 174 Å². The fourth-order valence-corrected chi connectivity index (χ4v) is 6.40. The van der Waals surface area contributed by atoms with Crippen molar-refractivity contribution in [3.05, 3.63) is 45.0 Å². The fraction of sp³-hybridized carbons (Fsp3) is 0.500. The summed E-state index contributed by atoms with van der Waals surface area (Å²) in [5.74, 6) is 0.0976. The molecule has 2 fully saturated rings. The SMILES string of the molecule is CN1C=C(S(=O)(=O)N2CC3CCC(NC(=O)c4ccc(Cl)cc4Cl)C3C2)NC1. The van der Waals surface area contributed by atoms with Crippen molar-refractivity contribution in [3.8, 4) is 0 Å². The van der Waals surface area contributed by atoms with Crippen molar-refractivity contribution in [1.29, 1.82) is 0 Å². The van der Waals surface area contributed by atoms with Crippen LogP contribution in [0.1, 0.15) is 23.2 Å². The maximum atomic E-state index is 12.9. The molecule has 10 heteroatoms. The van der Waals surface area contributed by atoms with Crippen molar-refractivity contribution >= 4 is 39.1 Å². The van der Waals surface area contributed by atoms with Gasteiger partial charge in [0, 0.05) is 37.4 Å². The van der Waals surface area contributed by atoms with E-state index in [4.69, 9.17) is 23.2 Å². The van der Waals surface area contributed by atoms with Gasteiger partial charge in [0.1, 0.15) is 0 Å². The topological polar surface area (TPSA) is 81.8 Å². The Bertz CT molecular complexity index is 937. The summed E-state index contributed by atoms with van der Waals surface area (Å²) in [6, 6.07) is 4.70. The maximum Gasteiger partial charge on any atom is 0.259 e. The molecule has 0 aromatic heterocycles. The van der Waals surface area contributed by atoms with Crippen LogP contribution < -0.4 is 10.6 Å². The molecule has 1 saturated heterocycles. The molecular weight excluding hydrogens is 423 g/mol. The van der Waals surface area contributed by atoms with Gasteiger partial charge in [-0.05, 0) is 42.9 Å². The number of sulfonamides is 1. The van der Waals surface area contributed by atoms with Crippen LogP contribution in [0.2, 0.25) is 10.0 Å². The molecule has 3 aliphatic rings. The molecule has 0 radical (unpaired) electrons. The summed E-state index contributed by atoms with van der Waals surface area (Å²) in [6.45, 7) is 1.38. The first kappa shape index (κ1) is 19.8. The van der Waals surface area contributed by atoms with Gasteiger partial charge in [-0.2, -0.15) is 4.31 Å². The molecule has 3 unspecified atom stereocenters. The van der Waals surface area contributed by atoms with Gasteiger partial charge in [-0.25, -0.2) is 8.42 Å². The first-order valence-electron chi connectivity index (χ1n) is 9.17. The number of amides is 1. The second kappa shape index (κ2) is 7.40. The van der Waals surface area contributed by atoms with Crippen LogP contribution in [0.4, 0.5) is 0 Å². The van der Waals surface area contributed by atoms with E-state index in [0.29, 0.717) is 35.4 Å². The number of nitrogens with one attached hydrogen (secondary N) is 2. The zero-order valence-corrected chi connectivity index (χ0v) is 17.7. The molecule has 1 aromatic rings. The first-order valence-corrected chi connectivity index (χ1v) is 11.4. The summed E-state index contributed by atoms with van der Waals surface area (Å²) in [6.07, 6.45) is 3.34. The number of hydrogen-bond donors (Lipinski definition) is 2. The van der Waals surface area contributed by atoms with Gasteiger partial charge in [-0.1, -0.05) is 23.2 Å². The number of hydrogen-bond acceptors (Lipinski definition) is 5. The van der Waals surface area contributed by atoms with Gasteiger partial charge in [-0.3, -0.25) is 4.79 Å². The second-order valence-electron chi connectivity index (χ2n) is 7.61. The predicted octanol–water partition coefficient (Wildman–Crippen LogP) is 2.05. The number of rotatable bonds is 4. The van der Waals surface area contributed by atoms with Crippen molar-refractivity contribution in [2.45, 2.75) is 18.9 Å². The summed E-state index contributed by atoms with van der Waals surface area (Å²) in [7, 11) is -1.71. The third-order valence-corrected chi connectivity index (χ3v) is 8.11. The summed E-state index contributed by atoms with van der Waals surface area (Å²) < 4.78 is 27.3. The third-order valence-electron chi connectivity index (χ3n) is 5.77. The van der Waals surface area contributed by atoms with Crippen molar-refractivity contribution in [2.24, 2.45) is 11.8 Å². The van der Waals surface area contributed by atoms with Crippen LogP contribution >= 0.6 is 23.2 Å². The lowest BCUT2D eigenvalue weighted by atomic mass is 9.97. The van der Waals surface area contributed by atoms with Gasteiger partial charge in [0.2, 0.25) is 0 Å².